The summed E-state index contributed by atoms with van der Waals surface area (Å²) in [5.74, 6) is 2.28. The van der Waals surface area contributed by atoms with Crippen molar-refractivity contribution >= 4 is 17.7 Å². The zero-order chi connectivity index (χ0) is 15.2. The van der Waals surface area contributed by atoms with E-state index in [0.717, 1.165) is 44.0 Å². The van der Waals surface area contributed by atoms with Gasteiger partial charge in [-0.15, -0.1) is 0 Å². The molecule has 0 bridgehead atoms. The average molecular weight is 317 g/mol. The van der Waals surface area contributed by atoms with E-state index < -0.39 is 0 Å². The standard InChI is InChI=1S/C19H27NOS/c21-19(11-10-16-6-4-5-7-16)20-13-12-18(22-15-14-20)17-8-2-1-3-9-17/h1-3,8-9,16,18H,4-7,10-15H2. The Morgan fingerprint density at radius 2 is 1.86 bits per heavy atom. The van der Waals surface area contributed by atoms with Gasteiger partial charge in [0.15, 0.2) is 0 Å². The molecule has 1 heterocycles. The van der Waals surface area contributed by atoms with E-state index in [-0.39, 0.29) is 0 Å². The second kappa shape index (κ2) is 8.05. The summed E-state index contributed by atoms with van der Waals surface area (Å²) in [6, 6.07) is 10.7. The molecular formula is C19H27NOS. The van der Waals surface area contributed by atoms with Crippen molar-refractivity contribution in [2.75, 3.05) is 18.8 Å². The largest absolute Gasteiger partial charge is 0.342 e. The predicted octanol–water partition coefficient (Wildman–Crippen LogP) is 4.66. The minimum Gasteiger partial charge on any atom is -0.342 e. The third-order valence-corrected chi connectivity index (χ3v) is 6.44. The van der Waals surface area contributed by atoms with Crippen molar-refractivity contribution in [3.8, 4) is 0 Å². The summed E-state index contributed by atoms with van der Waals surface area (Å²) in [6.45, 7) is 1.85. The molecule has 2 aliphatic rings. The van der Waals surface area contributed by atoms with Crippen LogP contribution in [0.4, 0.5) is 0 Å². The number of carbonyl (C=O) groups excluding carboxylic acids is 1. The van der Waals surface area contributed by atoms with E-state index in [4.69, 9.17) is 0 Å². The van der Waals surface area contributed by atoms with Gasteiger partial charge in [0.1, 0.15) is 0 Å². The highest BCUT2D eigenvalue weighted by Gasteiger charge is 2.23. The topological polar surface area (TPSA) is 20.3 Å². The molecule has 1 amide bonds. The molecule has 2 nitrogen and oxygen atoms in total. The Balaban J connectivity index is 1.48. The molecule has 0 radical (unpaired) electrons. The number of hydrogen-bond acceptors (Lipinski definition) is 2. The molecule has 0 N–H and O–H groups in total. The fourth-order valence-corrected chi connectivity index (χ4v) is 4.97. The fourth-order valence-electron chi connectivity index (χ4n) is 3.74. The van der Waals surface area contributed by atoms with Crippen LogP contribution in [0.1, 0.15) is 55.8 Å². The molecule has 120 valence electrons. The Kier molecular flexibility index (Phi) is 5.82. The minimum absolute atomic E-state index is 0.390. The normalized spacial score (nSPS) is 23.5. The lowest BCUT2D eigenvalue weighted by molar-refractivity contribution is -0.131. The second-order valence-corrected chi connectivity index (χ2v) is 7.94. The monoisotopic (exact) mass is 317 g/mol. The van der Waals surface area contributed by atoms with Crippen LogP contribution < -0.4 is 0 Å². The first-order chi connectivity index (χ1) is 10.8. The van der Waals surface area contributed by atoms with Crippen molar-refractivity contribution in [1.29, 1.82) is 0 Å². The smallest absolute Gasteiger partial charge is 0.222 e. The van der Waals surface area contributed by atoms with Crippen molar-refractivity contribution < 1.29 is 4.79 Å². The number of thioether (sulfide) groups is 1. The first kappa shape index (κ1) is 15.9. The van der Waals surface area contributed by atoms with Crippen LogP contribution in [0.2, 0.25) is 0 Å². The molecule has 3 heteroatoms. The number of hydrogen-bond donors (Lipinski definition) is 0. The van der Waals surface area contributed by atoms with Crippen LogP contribution in [-0.2, 0) is 4.79 Å². The molecule has 1 unspecified atom stereocenters. The lowest BCUT2D eigenvalue weighted by atomic mass is 10.0. The number of rotatable bonds is 4. The van der Waals surface area contributed by atoms with Gasteiger partial charge in [-0.25, -0.2) is 0 Å². The van der Waals surface area contributed by atoms with Crippen LogP contribution in [0.3, 0.4) is 0 Å². The summed E-state index contributed by atoms with van der Waals surface area (Å²) in [4.78, 5) is 14.6. The minimum atomic E-state index is 0.390. The van der Waals surface area contributed by atoms with E-state index in [2.05, 4.69) is 35.2 Å². The first-order valence-corrected chi connectivity index (χ1v) is 9.82. The maximum Gasteiger partial charge on any atom is 0.222 e. The van der Waals surface area contributed by atoms with Gasteiger partial charge in [0.2, 0.25) is 5.91 Å². The SMILES string of the molecule is O=C(CCC1CCCC1)N1CCSC(c2ccccc2)CC1. The Bertz CT molecular complexity index is 470. The Hall–Kier alpha value is -0.960. The van der Waals surface area contributed by atoms with Crippen molar-refractivity contribution in [1.82, 2.24) is 4.90 Å². The van der Waals surface area contributed by atoms with Gasteiger partial charge in [-0.05, 0) is 24.3 Å². The Morgan fingerprint density at radius 3 is 2.64 bits per heavy atom. The van der Waals surface area contributed by atoms with E-state index >= 15 is 0 Å². The first-order valence-electron chi connectivity index (χ1n) is 8.77. The third-order valence-electron chi connectivity index (χ3n) is 5.11. The third kappa shape index (κ3) is 4.28. The molecule has 22 heavy (non-hydrogen) atoms. The zero-order valence-electron chi connectivity index (χ0n) is 13.4. The number of amides is 1. The quantitative estimate of drug-likeness (QED) is 0.804. The molecule has 1 saturated carbocycles. The zero-order valence-corrected chi connectivity index (χ0v) is 14.2. The molecule has 1 aliphatic carbocycles. The van der Waals surface area contributed by atoms with Gasteiger partial charge in [0, 0.05) is 30.5 Å². The van der Waals surface area contributed by atoms with E-state index in [0.29, 0.717) is 11.2 Å². The van der Waals surface area contributed by atoms with Crippen molar-refractivity contribution in [2.24, 2.45) is 5.92 Å². The van der Waals surface area contributed by atoms with Crippen molar-refractivity contribution in [3.63, 3.8) is 0 Å². The summed E-state index contributed by atoms with van der Waals surface area (Å²) in [7, 11) is 0. The molecule has 0 aromatic heterocycles. The van der Waals surface area contributed by atoms with Crippen molar-refractivity contribution in [2.45, 2.75) is 50.2 Å². The van der Waals surface area contributed by atoms with E-state index in [1.165, 1.54) is 31.2 Å². The second-order valence-electron chi connectivity index (χ2n) is 6.63. The van der Waals surface area contributed by atoms with Gasteiger partial charge in [0.05, 0.1) is 0 Å². The highest BCUT2D eigenvalue weighted by molar-refractivity contribution is 7.99. The summed E-state index contributed by atoms with van der Waals surface area (Å²) < 4.78 is 0. The number of nitrogens with zero attached hydrogens (tertiary/aromatic N) is 1. The van der Waals surface area contributed by atoms with E-state index in [1.54, 1.807) is 0 Å². The highest BCUT2D eigenvalue weighted by atomic mass is 32.2. The van der Waals surface area contributed by atoms with Crippen LogP contribution in [0, 0.1) is 5.92 Å². The lowest BCUT2D eigenvalue weighted by Gasteiger charge is -2.21. The van der Waals surface area contributed by atoms with E-state index in [9.17, 15) is 4.79 Å². The maximum absolute atomic E-state index is 12.5. The molecule has 2 fully saturated rings. The Labute approximate surface area is 138 Å². The van der Waals surface area contributed by atoms with Crippen LogP contribution in [0.25, 0.3) is 0 Å². The molecule has 3 rings (SSSR count). The number of carbonyl (C=O) groups is 1. The van der Waals surface area contributed by atoms with Crippen LogP contribution in [-0.4, -0.2) is 29.6 Å². The molecule has 1 atom stereocenters. The fraction of sp³-hybridized carbons (Fsp3) is 0.632. The maximum atomic E-state index is 12.5. The summed E-state index contributed by atoms with van der Waals surface area (Å²) in [6.07, 6.45) is 8.41. The van der Waals surface area contributed by atoms with Gasteiger partial charge in [-0.1, -0.05) is 56.0 Å². The highest BCUT2D eigenvalue weighted by Crippen LogP contribution is 2.34. The lowest BCUT2D eigenvalue weighted by Crippen LogP contribution is -2.33. The predicted molar refractivity (Wildman–Crippen MR) is 94.0 cm³/mol. The molecule has 1 aromatic rings. The van der Waals surface area contributed by atoms with Crippen LogP contribution in [0.15, 0.2) is 30.3 Å². The van der Waals surface area contributed by atoms with Gasteiger partial charge >= 0.3 is 0 Å². The molecule has 1 aliphatic heterocycles. The van der Waals surface area contributed by atoms with Gasteiger partial charge in [-0.3, -0.25) is 4.79 Å². The number of benzene rings is 1. The molecule has 1 aromatic carbocycles. The summed E-state index contributed by atoms with van der Waals surface area (Å²) in [5, 5.41) is 0.550. The Morgan fingerprint density at radius 1 is 1.09 bits per heavy atom. The van der Waals surface area contributed by atoms with Gasteiger partial charge in [0.25, 0.3) is 0 Å². The molecule has 0 spiro atoms. The molecular weight excluding hydrogens is 290 g/mol. The van der Waals surface area contributed by atoms with Crippen molar-refractivity contribution in [3.05, 3.63) is 35.9 Å². The average Bonchev–Trinajstić information content (AvgIpc) is 2.96. The van der Waals surface area contributed by atoms with Crippen LogP contribution in [0.5, 0.6) is 0 Å². The van der Waals surface area contributed by atoms with E-state index in [1.807, 2.05) is 11.8 Å². The van der Waals surface area contributed by atoms with Gasteiger partial charge in [-0.2, -0.15) is 11.8 Å². The molecule has 1 saturated heterocycles. The van der Waals surface area contributed by atoms with Gasteiger partial charge < -0.3 is 4.90 Å². The van der Waals surface area contributed by atoms with Crippen LogP contribution >= 0.6 is 11.8 Å². The summed E-state index contributed by atoms with van der Waals surface area (Å²) in [5.41, 5.74) is 1.41. The summed E-state index contributed by atoms with van der Waals surface area (Å²) >= 11 is 2.01.